The van der Waals surface area contributed by atoms with Gasteiger partial charge in [-0.1, -0.05) is 6.92 Å². The molecule has 7 nitrogen and oxygen atoms in total. The Balaban J connectivity index is 2.24. The minimum absolute atomic E-state index is 0.0256. The Morgan fingerprint density at radius 3 is 2.90 bits per heavy atom. The zero-order chi connectivity index (χ0) is 15.2. The molecule has 0 aliphatic rings. The van der Waals surface area contributed by atoms with Crippen LogP contribution in [0.15, 0.2) is 30.6 Å². The molecule has 1 heterocycles. The third-order valence-electron chi connectivity index (χ3n) is 3.09. The number of rotatable bonds is 7. The molecular weight excluding hydrogens is 272 g/mol. The van der Waals surface area contributed by atoms with Gasteiger partial charge in [-0.05, 0) is 18.2 Å². The number of non-ortho nitro benzene ring substituents is 1. The molecule has 0 unspecified atom stereocenters. The summed E-state index contributed by atoms with van der Waals surface area (Å²) in [6, 6.07) is 4.76. The molecule has 0 aliphatic carbocycles. The lowest BCUT2D eigenvalue weighted by Gasteiger charge is -2.09. The summed E-state index contributed by atoms with van der Waals surface area (Å²) in [5.41, 5.74) is 0.828. The Hall–Kier alpha value is -2.41. The Morgan fingerprint density at radius 1 is 1.43 bits per heavy atom. The number of imidazole rings is 1. The van der Waals surface area contributed by atoms with Crippen LogP contribution in [0.5, 0.6) is 5.75 Å². The van der Waals surface area contributed by atoms with E-state index in [1.54, 1.807) is 18.3 Å². The van der Waals surface area contributed by atoms with E-state index >= 15 is 0 Å². The number of hydrogen-bond acceptors (Lipinski definition) is 5. The van der Waals surface area contributed by atoms with Crippen LogP contribution < -0.4 is 10.1 Å². The summed E-state index contributed by atoms with van der Waals surface area (Å²) >= 11 is 0. The molecule has 1 aromatic carbocycles. The van der Waals surface area contributed by atoms with Crippen molar-refractivity contribution in [1.82, 2.24) is 14.9 Å². The summed E-state index contributed by atoms with van der Waals surface area (Å²) in [5, 5.41) is 14.2. The standard InChI is InChI=1S/C14H18N4O3/c1-3-15-9-14-16-4-5-17(14)10-11-6-12(18(19)20)8-13(7-11)21-2/h4-8,15H,3,9-10H2,1-2H3. The number of ether oxygens (including phenoxy) is 1. The monoisotopic (exact) mass is 290 g/mol. The lowest BCUT2D eigenvalue weighted by Crippen LogP contribution is -2.16. The lowest BCUT2D eigenvalue weighted by atomic mass is 10.2. The van der Waals surface area contributed by atoms with Crippen molar-refractivity contribution in [2.24, 2.45) is 0 Å². The first-order valence-electron chi connectivity index (χ1n) is 6.67. The van der Waals surface area contributed by atoms with E-state index in [4.69, 9.17) is 4.74 Å². The highest BCUT2D eigenvalue weighted by Crippen LogP contribution is 2.23. The van der Waals surface area contributed by atoms with E-state index in [-0.39, 0.29) is 5.69 Å². The molecular formula is C14H18N4O3. The summed E-state index contributed by atoms with van der Waals surface area (Å²) in [7, 11) is 1.50. The van der Waals surface area contributed by atoms with Crippen molar-refractivity contribution in [1.29, 1.82) is 0 Å². The van der Waals surface area contributed by atoms with Crippen LogP contribution in [-0.4, -0.2) is 28.1 Å². The number of nitrogens with zero attached hydrogens (tertiary/aromatic N) is 3. The van der Waals surface area contributed by atoms with Crippen molar-refractivity contribution in [3.8, 4) is 5.75 Å². The van der Waals surface area contributed by atoms with Gasteiger partial charge in [-0.25, -0.2) is 4.98 Å². The topological polar surface area (TPSA) is 82.2 Å². The zero-order valence-corrected chi connectivity index (χ0v) is 12.1. The van der Waals surface area contributed by atoms with Crippen molar-refractivity contribution in [2.45, 2.75) is 20.0 Å². The van der Waals surface area contributed by atoms with Gasteiger partial charge >= 0.3 is 0 Å². The minimum Gasteiger partial charge on any atom is -0.496 e. The van der Waals surface area contributed by atoms with Crippen LogP contribution in [0.25, 0.3) is 0 Å². The van der Waals surface area contributed by atoms with E-state index < -0.39 is 4.92 Å². The van der Waals surface area contributed by atoms with Crippen LogP contribution in [0.2, 0.25) is 0 Å². The quantitative estimate of drug-likeness (QED) is 0.622. The number of nitro benzene ring substituents is 1. The van der Waals surface area contributed by atoms with Crippen LogP contribution in [0.4, 0.5) is 5.69 Å². The number of nitro groups is 1. The van der Waals surface area contributed by atoms with Gasteiger partial charge in [0.25, 0.3) is 5.69 Å². The summed E-state index contributed by atoms with van der Waals surface area (Å²) < 4.78 is 7.08. The van der Waals surface area contributed by atoms with Crippen molar-refractivity contribution >= 4 is 5.69 Å². The first kappa shape index (κ1) is 15.0. The summed E-state index contributed by atoms with van der Waals surface area (Å²) in [5.74, 6) is 1.37. The fraction of sp³-hybridized carbons (Fsp3) is 0.357. The van der Waals surface area contributed by atoms with Gasteiger partial charge in [0.1, 0.15) is 11.6 Å². The average molecular weight is 290 g/mol. The highest BCUT2D eigenvalue weighted by atomic mass is 16.6. The maximum Gasteiger partial charge on any atom is 0.273 e. The lowest BCUT2D eigenvalue weighted by molar-refractivity contribution is -0.385. The van der Waals surface area contributed by atoms with Gasteiger partial charge in [-0.15, -0.1) is 0 Å². The molecule has 0 atom stereocenters. The molecule has 112 valence electrons. The van der Waals surface area contributed by atoms with Crippen LogP contribution in [0, 0.1) is 10.1 Å². The Labute approximate surface area is 122 Å². The molecule has 0 saturated carbocycles. The fourth-order valence-corrected chi connectivity index (χ4v) is 2.04. The first-order chi connectivity index (χ1) is 10.1. The molecule has 1 aromatic heterocycles. The van der Waals surface area contributed by atoms with Gasteiger partial charge in [0.05, 0.1) is 24.6 Å². The number of hydrogen-bond donors (Lipinski definition) is 1. The van der Waals surface area contributed by atoms with Crippen molar-refractivity contribution in [3.05, 3.63) is 52.1 Å². The van der Waals surface area contributed by atoms with Crippen molar-refractivity contribution in [2.75, 3.05) is 13.7 Å². The van der Waals surface area contributed by atoms with E-state index in [0.717, 1.165) is 17.9 Å². The Kier molecular flexibility index (Phi) is 4.89. The third kappa shape index (κ3) is 3.79. The second-order valence-corrected chi connectivity index (χ2v) is 4.55. The molecule has 0 bridgehead atoms. The first-order valence-corrected chi connectivity index (χ1v) is 6.67. The predicted octanol–water partition coefficient (Wildman–Crippen LogP) is 1.96. The Morgan fingerprint density at radius 2 is 2.24 bits per heavy atom. The van der Waals surface area contributed by atoms with Gasteiger partial charge in [0.15, 0.2) is 0 Å². The van der Waals surface area contributed by atoms with Crippen LogP contribution in [0.3, 0.4) is 0 Å². The van der Waals surface area contributed by atoms with Gasteiger partial charge < -0.3 is 14.6 Å². The second-order valence-electron chi connectivity index (χ2n) is 4.55. The molecule has 2 rings (SSSR count). The number of methoxy groups -OCH3 is 1. The largest absolute Gasteiger partial charge is 0.496 e. The molecule has 2 aromatic rings. The SMILES string of the molecule is CCNCc1nccn1Cc1cc(OC)cc([N+](=O)[O-])c1. The third-order valence-corrected chi connectivity index (χ3v) is 3.09. The molecule has 0 spiro atoms. The maximum absolute atomic E-state index is 11.0. The Bertz CT molecular complexity index is 624. The molecule has 0 amide bonds. The zero-order valence-electron chi connectivity index (χ0n) is 12.1. The number of nitrogens with one attached hydrogen (secondary N) is 1. The van der Waals surface area contributed by atoms with E-state index in [1.807, 2.05) is 17.7 Å². The second kappa shape index (κ2) is 6.85. The van der Waals surface area contributed by atoms with E-state index in [1.165, 1.54) is 13.2 Å². The summed E-state index contributed by atoms with van der Waals surface area (Å²) in [4.78, 5) is 14.8. The van der Waals surface area contributed by atoms with E-state index in [2.05, 4.69) is 10.3 Å². The number of benzene rings is 1. The van der Waals surface area contributed by atoms with Gasteiger partial charge in [-0.3, -0.25) is 10.1 Å². The maximum atomic E-state index is 11.0. The predicted molar refractivity (Wildman–Crippen MR) is 78.4 cm³/mol. The van der Waals surface area contributed by atoms with E-state index in [0.29, 0.717) is 18.8 Å². The van der Waals surface area contributed by atoms with E-state index in [9.17, 15) is 10.1 Å². The van der Waals surface area contributed by atoms with Crippen molar-refractivity contribution in [3.63, 3.8) is 0 Å². The molecule has 0 fully saturated rings. The molecule has 7 heteroatoms. The van der Waals surface area contributed by atoms with Gasteiger partial charge in [-0.2, -0.15) is 0 Å². The van der Waals surface area contributed by atoms with Crippen LogP contribution >= 0.6 is 0 Å². The minimum atomic E-state index is -0.417. The fourth-order valence-electron chi connectivity index (χ4n) is 2.04. The normalized spacial score (nSPS) is 10.6. The summed E-state index contributed by atoms with van der Waals surface area (Å²) in [6.45, 7) is 4.06. The molecule has 1 N–H and O–H groups in total. The highest BCUT2D eigenvalue weighted by Gasteiger charge is 2.11. The van der Waals surface area contributed by atoms with Crippen LogP contribution in [0.1, 0.15) is 18.3 Å². The average Bonchev–Trinajstić information content (AvgIpc) is 2.91. The van der Waals surface area contributed by atoms with Crippen molar-refractivity contribution < 1.29 is 9.66 Å². The highest BCUT2D eigenvalue weighted by molar-refractivity contribution is 5.43. The van der Waals surface area contributed by atoms with Crippen LogP contribution in [-0.2, 0) is 13.1 Å². The smallest absolute Gasteiger partial charge is 0.273 e. The molecule has 0 aliphatic heterocycles. The van der Waals surface area contributed by atoms with Gasteiger partial charge in [0, 0.05) is 25.0 Å². The molecule has 0 radical (unpaired) electrons. The molecule has 21 heavy (non-hydrogen) atoms. The number of aromatic nitrogens is 2. The van der Waals surface area contributed by atoms with Gasteiger partial charge in [0.2, 0.25) is 0 Å². The molecule has 0 saturated heterocycles. The summed E-state index contributed by atoms with van der Waals surface area (Å²) in [6.07, 6.45) is 3.58.